The summed E-state index contributed by atoms with van der Waals surface area (Å²) in [5.74, 6) is 0. The fourth-order valence-electron chi connectivity index (χ4n) is 5.48. The van der Waals surface area contributed by atoms with Gasteiger partial charge in [0.2, 0.25) is 0 Å². The van der Waals surface area contributed by atoms with E-state index >= 15 is 0 Å². The number of ether oxygens (including phenoxy) is 2. The largest absolute Gasteiger partial charge is 0.469 e. The van der Waals surface area contributed by atoms with Gasteiger partial charge in [0.05, 0.1) is 13.2 Å². The first-order chi connectivity index (χ1) is 20.5. The molecule has 0 heterocycles. The lowest BCUT2D eigenvalue weighted by Crippen LogP contribution is -2.26. The van der Waals surface area contributed by atoms with Gasteiger partial charge in [-0.3, -0.25) is 4.52 Å². The van der Waals surface area contributed by atoms with Gasteiger partial charge in [-0.25, -0.2) is 4.57 Å². The van der Waals surface area contributed by atoms with Crippen LogP contribution in [0, 0.1) is 0 Å². The van der Waals surface area contributed by atoms with Crippen molar-refractivity contribution in [2.45, 2.75) is 200 Å². The van der Waals surface area contributed by atoms with Crippen molar-refractivity contribution >= 4 is 7.82 Å². The molecule has 0 fully saturated rings. The molecule has 254 valence electrons. The first-order valence-corrected chi connectivity index (χ1v) is 19.9. The summed E-state index contributed by atoms with van der Waals surface area (Å²) in [5, 5.41) is 0. The van der Waals surface area contributed by atoms with Crippen molar-refractivity contribution in [3.05, 3.63) is 0 Å². The van der Waals surface area contributed by atoms with Crippen molar-refractivity contribution < 1.29 is 28.3 Å². The van der Waals surface area contributed by atoms with Crippen molar-refractivity contribution in [2.75, 3.05) is 26.4 Å². The van der Waals surface area contributed by atoms with Crippen molar-refractivity contribution in [2.24, 2.45) is 0 Å². The average molecular weight is 621 g/mol. The standard InChI is InChI=1S/C35H73O6P/c1-3-5-7-9-11-13-15-17-19-21-23-25-27-29-31-39-33-35(34-41-42(36,37)38)40-32-30-28-26-24-22-20-18-16-14-12-10-8-6-4-2/h35H,3-34H2,1-2H3,(H2,36,37,38). The molecular weight excluding hydrogens is 547 g/mol. The molecule has 0 bridgehead atoms. The van der Waals surface area contributed by atoms with Gasteiger partial charge in [-0.15, -0.1) is 0 Å². The summed E-state index contributed by atoms with van der Waals surface area (Å²) in [4.78, 5) is 18.2. The number of hydrogen-bond acceptors (Lipinski definition) is 4. The summed E-state index contributed by atoms with van der Waals surface area (Å²) in [6, 6.07) is 0. The highest BCUT2D eigenvalue weighted by molar-refractivity contribution is 7.46. The second-order valence-electron chi connectivity index (χ2n) is 12.5. The predicted molar refractivity (Wildman–Crippen MR) is 179 cm³/mol. The number of phosphoric acid groups is 1. The summed E-state index contributed by atoms with van der Waals surface area (Å²) < 4.78 is 27.5. The molecule has 0 aliphatic heterocycles. The molecule has 0 aliphatic rings. The third-order valence-corrected chi connectivity index (χ3v) is 8.71. The van der Waals surface area contributed by atoms with Crippen LogP contribution in [-0.2, 0) is 18.6 Å². The van der Waals surface area contributed by atoms with Gasteiger partial charge in [-0.05, 0) is 12.8 Å². The van der Waals surface area contributed by atoms with Crippen LogP contribution < -0.4 is 0 Å². The molecule has 2 N–H and O–H groups in total. The monoisotopic (exact) mass is 621 g/mol. The molecule has 0 saturated heterocycles. The van der Waals surface area contributed by atoms with Crippen LogP contribution in [0.5, 0.6) is 0 Å². The van der Waals surface area contributed by atoms with Crippen LogP contribution in [0.2, 0.25) is 0 Å². The van der Waals surface area contributed by atoms with E-state index in [0.717, 1.165) is 19.3 Å². The summed E-state index contributed by atoms with van der Waals surface area (Å²) in [6.07, 6.45) is 36.5. The molecule has 0 amide bonds. The molecule has 1 atom stereocenters. The third kappa shape index (κ3) is 36.2. The van der Waals surface area contributed by atoms with Crippen LogP contribution in [0.1, 0.15) is 194 Å². The van der Waals surface area contributed by atoms with Crippen molar-refractivity contribution in [3.8, 4) is 0 Å². The molecule has 1 unspecified atom stereocenters. The van der Waals surface area contributed by atoms with E-state index in [-0.39, 0.29) is 6.61 Å². The van der Waals surface area contributed by atoms with Gasteiger partial charge < -0.3 is 19.3 Å². The SMILES string of the molecule is CCCCCCCCCCCCCCCCOCC(COP(=O)(O)O)OCCCCCCCCCCCCCCCC. The lowest BCUT2D eigenvalue weighted by atomic mass is 10.0. The zero-order valence-corrected chi connectivity index (χ0v) is 29.1. The van der Waals surface area contributed by atoms with E-state index in [0.29, 0.717) is 19.8 Å². The van der Waals surface area contributed by atoms with Crippen molar-refractivity contribution in [1.29, 1.82) is 0 Å². The lowest BCUT2D eigenvalue weighted by molar-refractivity contribution is -0.0429. The minimum absolute atomic E-state index is 0.137. The Morgan fingerprint density at radius 3 is 1.10 bits per heavy atom. The van der Waals surface area contributed by atoms with Crippen LogP contribution in [-0.4, -0.2) is 42.3 Å². The van der Waals surface area contributed by atoms with Gasteiger partial charge in [0, 0.05) is 13.2 Å². The molecule has 0 radical (unpaired) electrons. The Bertz CT molecular complexity index is 556. The van der Waals surface area contributed by atoms with Gasteiger partial charge in [-0.2, -0.15) is 0 Å². The van der Waals surface area contributed by atoms with Gasteiger partial charge in [0.15, 0.2) is 0 Å². The topological polar surface area (TPSA) is 85.2 Å². The zero-order chi connectivity index (χ0) is 30.8. The number of hydrogen-bond donors (Lipinski definition) is 2. The quantitative estimate of drug-likeness (QED) is 0.0535. The molecule has 6 nitrogen and oxygen atoms in total. The van der Waals surface area contributed by atoms with Crippen LogP contribution in [0.3, 0.4) is 0 Å². The maximum Gasteiger partial charge on any atom is 0.469 e. The molecule has 7 heteroatoms. The highest BCUT2D eigenvalue weighted by Crippen LogP contribution is 2.35. The first kappa shape index (κ1) is 42.0. The molecule has 0 spiro atoms. The van der Waals surface area contributed by atoms with E-state index < -0.39 is 13.9 Å². The molecular formula is C35H73O6P. The van der Waals surface area contributed by atoms with E-state index in [1.165, 1.54) is 161 Å². The van der Waals surface area contributed by atoms with Crippen LogP contribution in [0.25, 0.3) is 0 Å². The Balaban J connectivity index is 3.65. The maximum atomic E-state index is 11.1. The summed E-state index contributed by atoms with van der Waals surface area (Å²) in [5.41, 5.74) is 0. The minimum atomic E-state index is -4.51. The molecule has 0 rings (SSSR count). The fraction of sp³-hybridized carbons (Fsp3) is 1.00. The Kier molecular flexibility index (Phi) is 33.9. The van der Waals surface area contributed by atoms with E-state index in [1.54, 1.807) is 0 Å². The smallest absolute Gasteiger partial charge is 0.379 e. The molecule has 0 aliphatic carbocycles. The summed E-state index contributed by atoms with van der Waals surface area (Å²) >= 11 is 0. The van der Waals surface area contributed by atoms with Crippen LogP contribution in [0.15, 0.2) is 0 Å². The number of unbranched alkanes of at least 4 members (excludes halogenated alkanes) is 26. The van der Waals surface area contributed by atoms with E-state index in [9.17, 15) is 4.57 Å². The highest BCUT2D eigenvalue weighted by atomic mass is 31.2. The van der Waals surface area contributed by atoms with E-state index in [4.69, 9.17) is 23.8 Å². The van der Waals surface area contributed by atoms with Gasteiger partial charge >= 0.3 is 7.82 Å². The van der Waals surface area contributed by atoms with Gasteiger partial charge in [-0.1, -0.05) is 181 Å². The van der Waals surface area contributed by atoms with Crippen LogP contribution >= 0.6 is 7.82 Å². The second-order valence-corrected chi connectivity index (χ2v) is 13.8. The Morgan fingerprint density at radius 2 is 0.762 bits per heavy atom. The Hall–Kier alpha value is 0.0300. The second kappa shape index (κ2) is 33.9. The van der Waals surface area contributed by atoms with Crippen LogP contribution in [0.4, 0.5) is 0 Å². The zero-order valence-electron chi connectivity index (χ0n) is 28.2. The molecule has 42 heavy (non-hydrogen) atoms. The summed E-state index contributed by atoms with van der Waals surface area (Å²) in [7, 11) is -4.51. The normalized spacial score (nSPS) is 12.8. The molecule has 0 aromatic heterocycles. The van der Waals surface area contributed by atoms with Gasteiger partial charge in [0.25, 0.3) is 0 Å². The third-order valence-electron chi connectivity index (χ3n) is 8.23. The van der Waals surface area contributed by atoms with Crippen molar-refractivity contribution in [3.63, 3.8) is 0 Å². The fourth-order valence-corrected chi connectivity index (χ4v) is 5.85. The number of rotatable bonds is 36. The molecule has 0 aromatic rings. The first-order valence-electron chi connectivity index (χ1n) is 18.4. The lowest BCUT2D eigenvalue weighted by Gasteiger charge is -2.18. The maximum absolute atomic E-state index is 11.1. The van der Waals surface area contributed by atoms with E-state index in [1.807, 2.05) is 0 Å². The minimum Gasteiger partial charge on any atom is -0.379 e. The highest BCUT2D eigenvalue weighted by Gasteiger charge is 2.19. The Labute approximate surface area is 262 Å². The summed E-state index contributed by atoms with van der Waals surface area (Å²) in [6.45, 7) is 5.96. The predicted octanol–water partition coefficient (Wildman–Crippen LogP) is 11.5. The van der Waals surface area contributed by atoms with Crippen molar-refractivity contribution in [1.82, 2.24) is 0 Å². The number of phosphoric ester groups is 1. The molecule has 0 aromatic carbocycles. The molecule has 0 saturated carbocycles. The van der Waals surface area contributed by atoms with E-state index in [2.05, 4.69) is 13.8 Å². The Morgan fingerprint density at radius 1 is 0.452 bits per heavy atom. The van der Waals surface area contributed by atoms with Gasteiger partial charge in [0.1, 0.15) is 6.10 Å². The average Bonchev–Trinajstić information content (AvgIpc) is 2.96.